The molecule has 0 spiro atoms. The van der Waals surface area contributed by atoms with E-state index in [0.717, 1.165) is 31.4 Å². The number of hydrogen-bond acceptors (Lipinski definition) is 7. The van der Waals surface area contributed by atoms with Crippen molar-refractivity contribution in [2.75, 3.05) is 17.1 Å². The molecule has 0 aliphatic heterocycles. The van der Waals surface area contributed by atoms with Crippen LogP contribution in [0.15, 0.2) is 17.3 Å². The first-order valence-corrected chi connectivity index (χ1v) is 8.89. The van der Waals surface area contributed by atoms with E-state index in [9.17, 15) is 8.42 Å². The van der Waals surface area contributed by atoms with Crippen molar-refractivity contribution in [2.45, 2.75) is 30.6 Å². The van der Waals surface area contributed by atoms with E-state index < -0.39 is 10.0 Å². The van der Waals surface area contributed by atoms with Crippen LogP contribution in [0, 0.1) is 0 Å². The number of sulfonamides is 1. The summed E-state index contributed by atoms with van der Waals surface area (Å²) in [6.07, 6.45) is 6.70. The third-order valence-electron chi connectivity index (χ3n) is 3.23. The zero-order chi connectivity index (χ0) is 14.9. The molecule has 0 amide bonds. The molecule has 2 heterocycles. The van der Waals surface area contributed by atoms with Gasteiger partial charge in [0.2, 0.25) is 5.95 Å². The summed E-state index contributed by atoms with van der Waals surface area (Å²) >= 11 is 1.41. The molecule has 0 atom stereocenters. The van der Waals surface area contributed by atoms with Crippen LogP contribution in [0.4, 0.5) is 11.1 Å². The molecule has 112 valence electrons. The molecule has 2 aromatic heterocycles. The fourth-order valence-electron chi connectivity index (χ4n) is 2.15. The van der Waals surface area contributed by atoms with Crippen LogP contribution >= 0.6 is 11.3 Å². The largest absolute Gasteiger partial charge is 0.357 e. The number of hydrogen-bond donors (Lipinski definition) is 2. The van der Waals surface area contributed by atoms with E-state index in [4.69, 9.17) is 0 Å². The Morgan fingerprint density at radius 2 is 1.90 bits per heavy atom. The van der Waals surface area contributed by atoms with Gasteiger partial charge in [-0.1, -0.05) is 0 Å². The molecule has 1 aliphatic rings. The van der Waals surface area contributed by atoms with Gasteiger partial charge in [0, 0.05) is 11.9 Å². The smallest absolute Gasteiger partial charge is 0.266 e. The van der Waals surface area contributed by atoms with Gasteiger partial charge in [-0.15, -0.1) is 11.3 Å². The molecule has 7 nitrogen and oxygen atoms in total. The summed E-state index contributed by atoms with van der Waals surface area (Å²) in [5, 5.41) is 3.16. The summed E-state index contributed by atoms with van der Waals surface area (Å²) in [5.41, 5.74) is 1.02. The van der Waals surface area contributed by atoms with Crippen molar-refractivity contribution in [1.82, 2.24) is 15.0 Å². The van der Waals surface area contributed by atoms with Crippen LogP contribution in [0.1, 0.15) is 23.4 Å². The Morgan fingerprint density at radius 1 is 1.19 bits per heavy atom. The topological polar surface area (TPSA) is 96.9 Å². The number of aryl methyl sites for hydroxylation is 2. The van der Waals surface area contributed by atoms with Crippen LogP contribution in [-0.4, -0.2) is 30.4 Å². The predicted molar refractivity (Wildman–Crippen MR) is 81.1 cm³/mol. The molecule has 9 heteroatoms. The lowest BCUT2D eigenvalue weighted by molar-refractivity contribution is 0.600. The molecule has 3 rings (SSSR count). The van der Waals surface area contributed by atoms with E-state index in [-0.39, 0.29) is 4.90 Å². The van der Waals surface area contributed by atoms with Crippen LogP contribution in [0.5, 0.6) is 0 Å². The number of aromatic nitrogens is 3. The zero-order valence-corrected chi connectivity index (χ0v) is 13.1. The van der Waals surface area contributed by atoms with Crippen molar-refractivity contribution in [2.24, 2.45) is 0 Å². The minimum atomic E-state index is -3.69. The van der Waals surface area contributed by atoms with Gasteiger partial charge in [0.1, 0.15) is 4.90 Å². The van der Waals surface area contributed by atoms with Gasteiger partial charge in [-0.25, -0.2) is 23.4 Å². The lowest BCUT2D eigenvalue weighted by Gasteiger charge is -2.06. The molecule has 0 saturated heterocycles. The average Bonchev–Trinajstić information content (AvgIpc) is 2.88. The maximum atomic E-state index is 12.3. The van der Waals surface area contributed by atoms with Crippen molar-refractivity contribution >= 4 is 32.4 Å². The number of fused-ring (bicyclic) bond motifs is 1. The summed E-state index contributed by atoms with van der Waals surface area (Å²) in [6, 6.07) is 0. The second-order valence-electron chi connectivity index (χ2n) is 4.69. The molecule has 0 fully saturated rings. The summed E-state index contributed by atoms with van der Waals surface area (Å²) in [6.45, 7) is 0. The molecule has 0 aromatic carbocycles. The van der Waals surface area contributed by atoms with E-state index in [1.807, 2.05) is 0 Å². The Kier molecular flexibility index (Phi) is 3.77. The second-order valence-corrected chi connectivity index (χ2v) is 7.46. The SMILES string of the molecule is CNc1ncc(S(=O)(=O)Nc2nc3c(s2)CCCC3)cn1. The summed E-state index contributed by atoms with van der Waals surface area (Å²) in [4.78, 5) is 13.4. The van der Waals surface area contributed by atoms with E-state index in [0.29, 0.717) is 11.1 Å². The Bertz CT molecular complexity index is 716. The van der Waals surface area contributed by atoms with Gasteiger partial charge in [0.15, 0.2) is 5.13 Å². The Hall–Kier alpha value is -1.74. The highest BCUT2D eigenvalue weighted by Gasteiger charge is 2.20. The minimum Gasteiger partial charge on any atom is -0.357 e. The van der Waals surface area contributed by atoms with Crippen LogP contribution < -0.4 is 10.0 Å². The van der Waals surface area contributed by atoms with Gasteiger partial charge in [-0.2, -0.15) is 0 Å². The number of nitrogens with one attached hydrogen (secondary N) is 2. The Labute approximate surface area is 126 Å². The normalized spacial score (nSPS) is 14.5. The van der Waals surface area contributed by atoms with E-state index in [2.05, 4.69) is 25.0 Å². The van der Waals surface area contributed by atoms with Crippen LogP contribution in [-0.2, 0) is 22.9 Å². The van der Waals surface area contributed by atoms with Gasteiger partial charge in [0.05, 0.1) is 18.1 Å². The Morgan fingerprint density at radius 3 is 2.57 bits per heavy atom. The maximum absolute atomic E-state index is 12.3. The molecule has 0 radical (unpaired) electrons. The highest BCUT2D eigenvalue weighted by molar-refractivity contribution is 7.93. The van der Waals surface area contributed by atoms with E-state index >= 15 is 0 Å². The molecular formula is C12H15N5O2S2. The number of anilines is 2. The van der Waals surface area contributed by atoms with Crippen LogP contribution in [0.3, 0.4) is 0 Å². The van der Waals surface area contributed by atoms with Gasteiger partial charge >= 0.3 is 0 Å². The third-order valence-corrected chi connectivity index (χ3v) is 5.72. The first-order valence-electron chi connectivity index (χ1n) is 6.60. The minimum absolute atomic E-state index is 0.0228. The highest BCUT2D eigenvalue weighted by Crippen LogP contribution is 2.30. The van der Waals surface area contributed by atoms with Gasteiger partial charge < -0.3 is 5.32 Å². The molecule has 0 bridgehead atoms. The van der Waals surface area contributed by atoms with Gasteiger partial charge in [-0.05, 0) is 25.7 Å². The quantitative estimate of drug-likeness (QED) is 0.887. The van der Waals surface area contributed by atoms with Crippen molar-refractivity contribution in [3.05, 3.63) is 23.0 Å². The number of rotatable bonds is 4. The standard InChI is InChI=1S/C12H15N5O2S2/c1-13-11-14-6-8(7-15-11)21(18,19)17-12-16-9-4-2-3-5-10(9)20-12/h6-7H,2-5H2,1H3,(H,16,17)(H,13,14,15). The fourth-order valence-corrected chi connectivity index (χ4v) is 4.33. The monoisotopic (exact) mass is 325 g/mol. The van der Waals surface area contributed by atoms with Gasteiger partial charge in [-0.3, -0.25) is 4.72 Å². The number of thiazole rings is 1. The first-order chi connectivity index (χ1) is 10.1. The lowest BCUT2D eigenvalue weighted by atomic mass is 10.0. The lowest BCUT2D eigenvalue weighted by Crippen LogP contribution is -2.14. The molecular weight excluding hydrogens is 310 g/mol. The van der Waals surface area contributed by atoms with E-state index in [1.165, 1.54) is 28.6 Å². The Balaban J connectivity index is 1.83. The third kappa shape index (κ3) is 2.98. The summed E-state index contributed by atoms with van der Waals surface area (Å²) in [7, 11) is -2.02. The predicted octanol–water partition coefficient (Wildman–Crippen LogP) is 1.65. The molecule has 21 heavy (non-hydrogen) atoms. The van der Waals surface area contributed by atoms with Crippen LogP contribution in [0.25, 0.3) is 0 Å². The second kappa shape index (κ2) is 5.57. The summed E-state index contributed by atoms with van der Waals surface area (Å²) < 4.78 is 27.0. The average molecular weight is 325 g/mol. The van der Waals surface area contributed by atoms with Gasteiger partial charge in [0.25, 0.3) is 10.0 Å². The molecule has 2 aromatic rings. The fraction of sp³-hybridized carbons (Fsp3) is 0.417. The highest BCUT2D eigenvalue weighted by atomic mass is 32.2. The molecule has 0 saturated carbocycles. The molecule has 1 aliphatic carbocycles. The van der Waals surface area contributed by atoms with Crippen molar-refractivity contribution in [3.63, 3.8) is 0 Å². The van der Waals surface area contributed by atoms with Crippen molar-refractivity contribution in [1.29, 1.82) is 0 Å². The van der Waals surface area contributed by atoms with Crippen LogP contribution in [0.2, 0.25) is 0 Å². The number of nitrogens with zero attached hydrogens (tertiary/aromatic N) is 3. The molecule has 2 N–H and O–H groups in total. The van der Waals surface area contributed by atoms with E-state index in [1.54, 1.807) is 7.05 Å². The maximum Gasteiger partial charge on any atom is 0.266 e. The first kappa shape index (κ1) is 14.2. The zero-order valence-electron chi connectivity index (χ0n) is 11.5. The molecule has 0 unspecified atom stereocenters. The van der Waals surface area contributed by atoms with Crippen molar-refractivity contribution < 1.29 is 8.42 Å². The summed E-state index contributed by atoms with van der Waals surface area (Å²) in [5.74, 6) is 0.374. The van der Waals surface area contributed by atoms with Crippen molar-refractivity contribution in [3.8, 4) is 0 Å².